The quantitative estimate of drug-likeness (QED) is 0.847. The molecule has 1 aromatic carbocycles. The van der Waals surface area contributed by atoms with E-state index in [0.717, 1.165) is 11.0 Å². The fraction of sp³-hybridized carbons (Fsp3) is 0.333. The molecule has 0 aliphatic heterocycles. The van der Waals surface area contributed by atoms with Crippen molar-refractivity contribution in [2.45, 2.75) is 19.9 Å². The van der Waals surface area contributed by atoms with Crippen LogP contribution in [0.5, 0.6) is 0 Å². The molecule has 1 amide bonds. The molecule has 7 heteroatoms. The molecule has 0 saturated carbocycles. The monoisotopic (exact) mass is 351 g/mol. The van der Waals surface area contributed by atoms with E-state index in [2.05, 4.69) is 15.9 Å². The number of hydrogen-bond acceptors (Lipinski definition) is 2. The lowest BCUT2D eigenvalue weighted by Gasteiger charge is -2.25. The molecule has 0 atom stereocenters. The highest BCUT2D eigenvalue weighted by atomic mass is 79.9. The molecule has 0 unspecified atom stereocenters. The normalized spacial score (nSPS) is 10.6. The smallest absolute Gasteiger partial charge is 0.323 e. The molecule has 1 N–H and O–H groups in total. The van der Waals surface area contributed by atoms with Gasteiger partial charge in [-0.25, -0.2) is 4.39 Å². The lowest BCUT2D eigenvalue weighted by atomic mass is 10.1. The number of benzene rings is 1. The molecule has 0 aromatic heterocycles. The predicted molar refractivity (Wildman–Crippen MR) is 72.9 cm³/mol. The van der Waals surface area contributed by atoms with Crippen LogP contribution in [0.3, 0.4) is 0 Å². The molecule has 0 fully saturated rings. The highest BCUT2D eigenvalue weighted by molar-refractivity contribution is 9.10. The van der Waals surface area contributed by atoms with Gasteiger partial charge < -0.3 is 10.0 Å². The number of carboxylic acids is 1. The Morgan fingerprint density at radius 1 is 1.47 bits per heavy atom. The summed E-state index contributed by atoms with van der Waals surface area (Å²) in [5.41, 5.74) is -0.0000463. The van der Waals surface area contributed by atoms with E-state index >= 15 is 0 Å². The molecule has 0 spiro atoms. The number of halogens is 3. The Bertz CT molecular complexity index is 522. The molecular weight excluding hydrogens is 340 g/mol. The third kappa shape index (κ3) is 3.91. The van der Waals surface area contributed by atoms with Crippen LogP contribution in [0.2, 0.25) is 5.02 Å². The van der Waals surface area contributed by atoms with Crippen molar-refractivity contribution in [1.82, 2.24) is 4.90 Å². The minimum atomic E-state index is -1.14. The summed E-state index contributed by atoms with van der Waals surface area (Å²) in [6.07, 6.45) is 0. The first-order chi connectivity index (χ1) is 8.73. The number of nitrogens with zero attached hydrogens (tertiary/aromatic N) is 1. The van der Waals surface area contributed by atoms with Crippen LogP contribution in [0.15, 0.2) is 16.6 Å². The molecule has 0 saturated heterocycles. The standard InChI is InChI=1S/C12H12BrClFNO3/c1-6(2)16(5-10(17)18)12(19)8-3-7(14)4-9(15)11(8)13/h3-4,6H,5H2,1-2H3,(H,17,18). The third-order valence-corrected chi connectivity index (χ3v) is 3.44. The van der Waals surface area contributed by atoms with Crippen molar-refractivity contribution in [3.05, 3.63) is 33.0 Å². The number of carboxylic acid groups (broad SMARTS) is 1. The summed E-state index contributed by atoms with van der Waals surface area (Å²) in [5, 5.41) is 8.87. The van der Waals surface area contributed by atoms with Crippen molar-refractivity contribution in [2.24, 2.45) is 0 Å². The Balaban J connectivity index is 3.20. The summed E-state index contributed by atoms with van der Waals surface area (Å²) in [6.45, 7) is 2.89. The number of hydrogen-bond donors (Lipinski definition) is 1. The van der Waals surface area contributed by atoms with Crippen LogP contribution < -0.4 is 0 Å². The van der Waals surface area contributed by atoms with Gasteiger partial charge in [0.25, 0.3) is 5.91 Å². The third-order valence-electron chi connectivity index (χ3n) is 2.41. The van der Waals surface area contributed by atoms with Crippen molar-refractivity contribution in [3.63, 3.8) is 0 Å². The topological polar surface area (TPSA) is 57.6 Å². The van der Waals surface area contributed by atoms with Gasteiger partial charge in [-0.15, -0.1) is 0 Å². The Hall–Kier alpha value is -1.14. The number of carbonyl (C=O) groups is 2. The Morgan fingerprint density at radius 3 is 2.53 bits per heavy atom. The van der Waals surface area contributed by atoms with Crippen molar-refractivity contribution < 1.29 is 19.1 Å². The molecule has 0 radical (unpaired) electrons. The molecule has 0 aliphatic rings. The van der Waals surface area contributed by atoms with Gasteiger partial charge in [-0.1, -0.05) is 11.6 Å². The van der Waals surface area contributed by atoms with Gasteiger partial charge in [0.15, 0.2) is 0 Å². The minimum absolute atomic E-state index is 0.0000463. The van der Waals surface area contributed by atoms with E-state index in [0.29, 0.717) is 0 Å². The maximum absolute atomic E-state index is 13.5. The number of carbonyl (C=O) groups excluding carboxylic acids is 1. The van der Waals surface area contributed by atoms with Crippen LogP contribution >= 0.6 is 27.5 Å². The van der Waals surface area contributed by atoms with E-state index in [1.165, 1.54) is 6.07 Å². The van der Waals surface area contributed by atoms with Crippen LogP contribution in [-0.4, -0.2) is 34.5 Å². The molecule has 1 rings (SSSR count). The van der Waals surface area contributed by atoms with Crippen LogP contribution in [0, 0.1) is 5.82 Å². The van der Waals surface area contributed by atoms with Crippen molar-refractivity contribution in [3.8, 4) is 0 Å². The summed E-state index contributed by atoms with van der Waals surface area (Å²) in [5.74, 6) is -2.40. The maximum atomic E-state index is 13.5. The van der Waals surface area contributed by atoms with Crippen LogP contribution in [0.1, 0.15) is 24.2 Å². The Labute approximate surface area is 123 Å². The van der Waals surface area contributed by atoms with Gasteiger partial charge >= 0.3 is 5.97 Å². The van der Waals surface area contributed by atoms with Gasteiger partial charge in [0, 0.05) is 11.1 Å². The fourth-order valence-electron chi connectivity index (χ4n) is 1.50. The van der Waals surface area contributed by atoms with Crippen LogP contribution in [-0.2, 0) is 4.79 Å². The van der Waals surface area contributed by atoms with Crippen molar-refractivity contribution in [1.29, 1.82) is 0 Å². The largest absolute Gasteiger partial charge is 0.480 e. The molecule has 1 aromatic rings. The average molecular weight is 353 g/mol. The Morgan fingerprint density at radius 2 is 2.05 bits per heavy atom. The molecule has 0 bridgehead atoms. The van der Waals surface area contributed by atoms with E-state index in [1.807, 2.05) is 0 Å². The van der Waals surface area contributed by atoms with E-state index in [-0.39, 0.29) is 21.1 Å². The van der Waals surface area contributed by atoms with E-state index in [9.17, 15) is 14.0 Å². The molecule has 0 aliphatic carbocycles. The average Bonchev–Trinajstić information content (AvgIpc) is 2.29. The highest BCUT2D eigenvalue weighted by Gasteiger charge is 2.24. The molecule has 104 valence electrons. The zero-order valence-electron chi connectivity index (χ0n) is 10.3. The summed E-state index contributed by atoms with van der Waals surface area (Å²) in [7, 11) is 0. The molecule has 4 nitrogen and oxygen atoms in total. The number of aliphatic carboxylic acids is 1. The maximum Gasteiger partial charge on any atom is 0.323 e. The lowest BCUT2D eigenvalue weighted by molar-refractivity contribution is -0.138. The summed E-state index contributed by atoms with van der Waals surface area (Å²) < 4.78 is 13.5. The van der Waals surface area contributed by atoms with Crippen molar-refractivity contribution >= 4 is 39.4 Å². The number of rotatable bonds is 4. The first-order valence-corrected chi connectivity index (χ1v) is 6.58. The van der Waals surface area contributed by atoms with Gasteiger partial charge in [0.2, 0.25) is 0 Å². The Kier molecular flexibility index (Phi) is 5.31. The zero-order chi connectivity index (χ0) is 14.7. The second-order valence-corrected chi connectivity index (χ2v) is 5.40. The van der Waals surface area contributed by atoms with Gasteiger partial charge in [0.1, 0.15) is 12.4 Å². The second-order valence-electron chi connectivity index (χ2n) is 4.17. The summed E-state index contributed by atoms with van der Waals surface area (Å²) in [6, 6.07) is 2.03. The first-order valence-electron chi connectivity index (χ1n) is 5.41. The summed E-state index contributed by atoms with van der Waals surface area (Å²) in [4.78, 5) is 24.1. The van der Waals surface area contributed by atoms with E-state index in [1.54, 1.807) is 13.8 Å². The van der Waals surface area contributed by atoms with E-state index in [4.69, 9.17) is 16.7 Å². The van der Waals surface area contributed by atoms with Crippen molar-refractivity contribution in [2.75, 3.05) is 6.54 Å². The second kappa shape index (κ2) is 6.34. The predicted octanol–water partition coefficient (Wildman–Crippen LogP) is 3.18. The van der Waals surface area contributed by atoms with Gasteiger partial charge in [-0.2, -0.15) is 0 Å². The summed E-state index contributed by atoms with van der Waals surface area (Å²) >= 11 is 8.68. The molecule has 0 heterocycles. The fourth-order valence-corrected chi connectivity index (χ4v) is 2.10. The van der Waals surface area contributed by atoms with Crippen LogP contribution in [0.25, 0.3) is 0 Å². The molecular formula is C12H12BrClFNO3. The van der Waals surface area contributed by atoms with Gasteiger partial charge in [-0.3, -0.25) is 9.59 Å². The number of amides is 1. The zero-order valence-corrected chi connectivity index (χ0v) is 12.6. The van der Waals surface area contributed by atoms with Gasteiger partial charge in [0.05, 0.1) is 10.0 Å². The minimum Gasteiger partial charge on any atom is -0.480 e. The van der Waals surface area contributed by atoms with E-state index < -0.39 is 24.2 Å². The lowest BCUT2D eigenvalue weighted by Crippen LogP contribution is -2.40. The molecule has 19 heavy (non-hydrogen) atoms. The van der Waals surface area contributed by atoms with Gasteiger partial charge in [-0.05, 0) is 41.9 Å². The highest BCUT2D eigenvalue weighted by Crippen LogP contribution is 2.26. The SMILES string of the molecule is CC(C)N(CC(=O)O)C(=O)c1cc(Cl)cc(F)c1Br. The van der Waals surface area contributed by atoms with Crippen LogP contribution in [0.4, 0.5) is 4.39 Å². The first kappa shape index (κ1) is 15.9.